The van der Waals surface area contributed by atoms with Crippen LogP contribution in [0, 0.1) is 17.8 Å². The molecule has 0 radical (unpaired) electrons. The van der Waals surface area contributed by atoms with Gasteiger partial charge >= 0.3 is 0 Å². The number of nitrogens with zero attached hydrogens (tertiary/aromatic N) is 1. The minimum Gasteiger partial charge on any atom is -0.355 e. The van der Waals surface area contributed by atoms with E-state index in [1.165, 1.54) is 0 Å². The molecule has 2 fully saturated rings. The molecule has 4 N–H and O–H groups in total. The molecule has 0 bridgehead atoms. The number of likely N-dealkylation sites (tertiary alicyclic amines) is 1. The van der Waals surface area contributed by atoms with Crippen molar-refractivity contribution in [1.29, 1.82) is 0 Å². The van der Waals surface area contributed by atoms with Crippen molar-refractivity contribution in [3.8, 4) is 0 Å². The molecule has 27 heavy (non-hydrogen) atoms. The number of rotatable bonds is 6. The Bertz CT molecular complexity index is 704. The first kappa shape index (κ1) is 19.4. The standard InChI is InChI=1S/C20H28N4O3/c1-13-11-17(13)19(26)23-16-6-4-14(5-7-16)20(27)24-10-2-3-15(12-24)18(25)22-9-8-21/h4-7,13,15,17H,2-3,8-12,21H2,1H3,(H,22,25)(H,23,26). The molecule has 1 aromatic rings. The molecule has 1 aromatic carbocycles. The van der Waals surface area contributed by atoms with E-state index in [-0.39, 0.29) is 29.6 Å². The Hall–Kier alpha value is -2.41. The molecular formula is C20H28N4O3. The van der Waals surface area contributed by atoms with Crippen LogP contribution in [0.4, 0.5) is 5.69 Å². The summed E-state index contributed by atoms with van der Waals surface area (Å²) in [5.41, 5.74) is 6.69. The van der Waals surface area contributed by atoms with Crippen LogP contribution in [-0.2, 0) is 9.59 Å². The van der Waals surface area contributed by atoms with Crippen molar-refractivity contribution in [2.45, 2.75) is 26.2 Å². The first-order valence-electron chi connectivity index (χ1n) is 9.67. The lowest BCUT2D eigenvalue weighted by Crippen LogP contribution is -2.46. The SMILES string of the molecule is CC1CC1C(=O)Nc1ccc(C(=O)N2CCCC(C(=O)NCCN)C2)cc1. The van der Waals surface area contributed by atoms with Crippen LogP contribution in [0.5, 0.6) is 0 Å². The molecule has 2 aliphatic rings. The van der Waals surface area contributed by atoms with E-state index in [1.807, 2.05) is 0 Å². The maximum absolute atomic E-state index is 12.8. The van der Waals surface area contributed by atoms with Gasteiger partial charge in [-0.2, -0.15) is 0 Å². The number of carbonyl (C=O) groups is 3. The third-order valence-electron chi connectivity index (χ3n) is 5.37. The van der Waals surface area contributed by atoms with Gasteiger partial charge in [0, 0.05) is 43.3 Å². The smallest absolute Gasteiger partial charge is 0.253 e. The number of carbonyl (C=O) groups excluding carboxylic acids is 3. The van der Waals surface area contributed by atoms with E-state index in [0.717, 1.165) is 19.3 Å². The van der Waals surface area contributed by atoms with Gasteiger partial charge in [-0.25, -0.2) is 0 Å². The number of hydrogen-bond donors (Lipinski definition) is 3. The number of hydrogen-bond acceptors (Lipinski definition) is 4. The Balaban J connectivity index is 1.56. The lowest BCUT2D eigenvalue weighted by atomic mass is 9.96. The lowest BCUT2D eigenvalue weighted by Gasteiger charge is -2.32. The molecule has 7 nitrogen and oxygen atoms in total. The van der Waals surface area contributed by atoms with Crippen LogP contribution in [-0.4, -0.2) is 48.8 Å². The van der Waals surface area contributed by atoms with Crippen molar-refractivity contribution in [3.63, 3.8) is 0 Å². The van der Waals surface area contributed by atoms with Gasteiger partial charge in [0.1, 0.15) is 0 Å². The van der Waals surface area contributed by atoms with E-state index in [9.17, 15) is 14.4 Å². The van der Waals surface area contributed by atoms with E-state index < -0.39 is 0 Å². The van der Waals surface area contributed by atoms with Crippen LogP contribution in [0.1, 0.15) is 36.5 Å². The zero-order valence-corrected chi connectivity index (χ0v) is 15.7. The molecule has 1 aliphatic heterocycles. The molecule has 7 heteroatoms. The van der Waals surface area contributed by atoms with Crippen LogP contribution in [0.25, 0.3) is 0 Å². The summed E-state index contributed by atoms with van der Waals surface area (Å²) < 4.78 is 0. The molecule has 0 aromatic heterocycles. The first-order chi connectivity index (χ1) is 13.0. The highest BCUT2D eigenvalue weighted by Crippen LogP contribution is 2.38. The third kappa shape index (κ3) is 4.86. The summed E-state index contributed by atoms with van der Waals surface area (Å²) >= 11 is 0. The van der Waals surface area contributed by atoms with Crippen molar-refractivity contribution in [2.24, 2.45) is 23.5 Å². The van der Waals surface area contributed by atoms with E-state index in [4.69, 9.17) is 5.73 Å². The summed E-state index contributed by atoms with van der Waals surface area (Å²) in [6, 6.07) is 6.97. The normalized spacial score (nSPS) is 24.2. The Morgan fingerprint density at radius 3 is 2.52 bits per heavy atom. The number of benzene rings is 1. The minimum absolute atomic E-state index is 0.0367. The minimum atomic E-state index is -0.187. The molecule has 0 spiro atoms. The van der Waals surface area contributed by atoms with Crippen molar-refractivity contribution in [1.82, 2.24) is 10.2 Å². The molecule has 3 amide bonds. The largest absolute Gasteiger partial charge is 0.355 e. The average molecular weight is 372 g/mol. The first-order valence-corrected chi connectivity index (χ1v) is 9.67. The van der Waals surface area contributed by atoms with E-state index in [0.29, 0.717) is 43.3 Å². The fraction of sp³-hybridized carbons (Fsp3) is 0.550. The van der Waals surface area contributed by atoms with Crippen molar-refractivity contribution < 1.29 is 14.4 Å². The average Bonchev–Trinajstić information content (AvgIpc) is 3.43. The second-order valence-corrected chi connectivity index (χ2v) is 7.56. The Morgan fingerprint density at radius 1 is 1.19 bits per heavy atom. The van der Waals surface area contributed by atoms with Gasteiger partial charge < -0.3 is 21.3 Å². The quantitative estimate of drug-likeness (QED) is 0.698. The maximum atomic E-state index is 12.8. The van der Waals surface area contributed by atoms with Gasteiger partial charge in [0.25, 0.3) is 5.91 Å². The summed E-state index contributed by atoms with van der Waals surface area (Å²) in [7, 11) is 0. The van der Waals surface area contributed by atoms with E-state index >= 15 is 0 Å². The molecule has 3 unspecified atom stereocenters. The van der Waals surface area contributed by atoms with Crippen molar-refractivity contribution >= 4 is 23.4 Å². The maximum Gasteiger partial charge on any atom is 0.253 e. The summed E-state index contributed by atoms with van der Waals surface area (Å²) in [5.74, 6) is 0.310. The van der Waals surface area contributed by atoms with Crippen LogP contribution in [0.2, 0.25) is 0 Å². The topological polar surface area (TPSA) is 105 Å². The second kappa shape index (κ2) is 8.52. The highest BCUT2D eigenvalue weighted by atomic mass is 16.2. The molecule has 1 saturated heterocycles. The van der Waals surface area contributed by atoms with Crippen LogP contribution < -0.4 is 16.4 Å². The Labute approximate surface area is 159 Å². The zero-order valence-electron chi connectivity index (χ0n) is 15.7. The summed E-state index contributed by atoms with van der Waals surface area (Å²) in [4.78, 5) is 38.6. The van der Waals surface area contributed by atoms with Gasteiger partial charge in [-0.1, -0.05) is 6.92 Å². The molecule has 1 aliphatic carbocycles. The van der Waals surface area contributed by atoms with Gasteiger partial charge in [-0.05, 0) is 49.4 Å². The number of nitrogens with two attached hydrogens (primary N) is 1. The van der Waals surface area contributed by atoms with Crippen molar-refractivity contribution in [2.75, 3.05) is 31.5 Å². The zero-order chi connectivity index (χ0) is 19.4. The predicted molar refractivity (Wildman–Crippen MR) is 103 cm³/mol. The number of amides is 3. The molecular weight excluding hydrogens is 344 g/mol. The molecule has 3 atom stereocenters. The summed E-state index contributed by atoms with van der Waals surface area (Å²) in [6.07, 6.45) is 2.53. The van der Waals surface area contributed by atoms with Gasteiger partial charge in [0.2, 0.25) is 11.8 Å². The highest BCUT2D eigenvalue weighted by Gasteiger charge is 2.39. The Morgan fingerprint density at radius 2 is 1.89 bits per heavy atom. The molecule has 146 valence electrons. The summed E-state index contributed by atoms with van der Waals surface area (Å²) in [6.45, 7) is 4.00. The fourth-order valence-electron chi connectivity index (χ4n) is 3.52. The number of anilines is 1. The van der Waals surface area contributed by atoms with Crippen LogP contribution >= 0.6 is 0 Å². The van der Waals surface area contributed by atoms with E-state index in [2.05, 4.69) is 17.6 Å². The predicted octanol–water partition coefficient (Wildman–Crippen LogP) is 1.21. The van der Waals surface area contributed by atoms with Crippen molar-refractivity contribution in [3.05, 3.63) is 29.8 Å². The summed E-state index contributed by atoms with van der Waals surface area (Å²) in [5, 5.41) is 5.70. The number of nitrogens with one attached hydrogen (secondary N) is 2. The second-order valence-electron chi connectivity index (χ2n) is 7.56. The molecule has 1 heterocycles. The fourth-order valence-corrected chi connectivity index (χ4v) is 3.52. The molecule has 3 rings (SSSR count). The Kier molecular flexibility index (Phi) is 6.11. The monoisotopic (exact) mass is 372 g/mol. The van der Waals surface area contributed by atoms with Gasteiger partial charge in [-0.15, -0.1) is 0 Å². The molecule has 1 saturated carbocycles. The van der Waals surface area contributed by atoms with Gasteiger partial charge in [0.05, 0.1) is 5.92 Å². The number of piperidine rings is 1. The highest BCUT2D eigenvalue weighted by molar-refractivity contribution is 5.97. The van der Waals surface area contributed by atoms with Gasteiger partial charge in [-0.3, -0.25) is 14.4 Å². The van der Waals surface area contributed by atoms with Crippen LogP contribution in [0.3, 0.4) is 0 Å². The van der Waals surface area contributed by atoms with Gasteiger partial charge in [0.15, 0.2) is 0 Å². The van der Waals surface area contributed by atoms with E-state index in [1.54, 1.807) is 29.2 Å². The lowest BCUT2D eigenvalue weighted by molar-refractivity contribution is -0.126. The third-order valence-corrected chi connectivity index (χ3v) is 5.37. The van der Waals surface area contributed by atoms with Crippen LogP contribution in [0.15, 0.2) is 24.3 Å².